The van der Waals surface area contributed by atoms with Crippen molar-refractivity contribution in [3.8, 4) is 11.5 Å². The van der Waals surface area contributed by atoms with Crippen molar-refractivity contribution in [3.05, 3.63) is 22.2 Å². The van der Waals surface area contributed by atoms with Gasteiger partial charge in [-0.05, 0) is 6.07 Å². The molecular formula is C8H5Cl2F3O2. The Bertz CT molecular complexity index is 347. The molecule has 0 radical (unpaired) electrons. The zero-order chi connectivity index (χ0) is 11.4. The van der Waals surface area contributed by atoms with E-state index in [1.807, 2.05) is 0 Å². The number of alkyl halides is 3. The molecule has 0 N–H and O–H groups in total. The minimum Gasteiger partial charge on any atom is -0.459 e. The summed E-state index contributed by atoms with van der Waals surface area (Å²) < 4.78 is 44.3. The fraction of sp³-hybridized carbons (Fsp3) is 0.250. The first kappa shape index (κ1) is 12.3. The molecule has 15 heavy (non-hydrogen) atoms. The Morgan fingerprint density at radius 3 is 2.47 bits per heavy atom. The van der Waals surface area contributed by atoms with E-state index in [0.29, 0.717) is 0 Å². The lowest BCUT2D eigenvalue weighted by Gasteiger charge is -2.11. The first-order chi connectivity index (χ1) is 7.04. The third-order valence-electron chi connectivity index (χ3n) is 1.39. The monoisotopic (exact) mass is 260 g/mol. The minimum absolute atomic E-state index is 0.130. The summed E-state index contributed by atoms with van der Waals surface area (Å²) >= 11 is 11.1. The standard InChI is InChI=1S/C8H5Cl2F3O2/c9-4-1-5(10)7(15-8(12)13)6(2-4)14-3-11/h1-2,8H,3H2. The predicted octanol–water partition coefficient (Wildman–Crippen LogP) is 3.90. The van der Waals surface area contributed by atoms with E-state index in [-0.39, 0.29) is 15.8 Å². The van der Waals surface area contributed by atoms with E-state index in [9.17, 15) is 13.2 Å². The van der Waals surface area contributed by atoms with E-state index in [4.69, 9.17) is 23.2 Å². The second-order valence-corrected chi connectivity index (χ2v) is 3.19. The molecule has 0 aliphatic rings. The van der Waals surface area contributed by atoms with Crippen molar-refractivity contribution < 1.29 is 22.6 Å². The van der Waals surface area contributed by atoms with Crippen molar-refractivity contribution in [1.82, 2.24) is 0 Å². The summed E-state index contributed by atoms with van der Waals surface area (Å²) in [5, 5.41) is -0.0451. The maximum atomic E-state index is 12.0. The van der Waals surface area contributed by atoms with Crippen molar-refractivity contribution in [1.29, 1.82) is 0 Å². The third kappa shape index (κ3) is 3.35. The topological polar surface area (TPSA) is 18.5 Å². The lowest BCUT2D eigenvalue weighted by molar-refractivity contribution is -0.0519. The van der Waals surface area contributed by atoms with Gasteiger partial charge in [-0.2, -0.15) is 8.78 Å². The maximum Gasteiger partial charge on any atom is 0.387 e. The van der Waals surface area contributed by atoms with Gasteiger partial charge in [0.25, 0.3) is 0 Å². The summed E-state index contributed by atoms with van der Waals surface area (Å²) in [4.78, 5) is 0. The molecule has 0 aromatic heterocycles. The molecule has 0 bridgehead atoms. The Hall–Kier alpha value is -0.810. The summed E-state index contributed by atoms with van der Waals surface area (Å²) in [5.74, 6) is -0.705. The molecule has 0 spiro atoms. The zero-order valence-electron chi connectivity index (χ0n) is 7.15. The van der Waals surface area contributed by atoms with Crippen LogP contribution in [-0.4, -0.2) is 13.5 Å². The number of hydrogen-bond donors (Lipinski definition) is 0. The Kier molecular flexibility index (Phi) is 4.35. The van der Waals surface area contributed by atoms with Gasteiger partial charge in [0, 0.05) is 11.1 Å². The molecule has 0 amide bonds. The number of benzene rings is 1. The average molecular weight is 261 g/mol. The zero-order valence-corrected chi connectivity index (χ0v) is 8.66. The van der Waals surface area contributed by atoms with Gasteiger partial charge in [-0.3, -0.25) is 0 Å². The van der Waals surface area contributed by atoms with Crippen molar-refractivity contribution >= 4 is 23.2 Å². The van der Waals surface area contributed by atoms with Crippen molar-refractivity contribution in [3.63, 3.8) is 0 Å². The predicted molar refractivity (Wildman–Crippen MR) is 49.7 cm³/mol. The second kappa shape index (κ2) is 5.32. The van der Waals surface area contributed by atoms with Crippen LogP contribution in [0.25, 0.3) is 0 Å². The largest absolute Gasteiger partial charge is 0.459 e. The van der Waals surface area contributed by atoms with Gasteiger partial charge in [0.15, 0.2) is 11.5 Å². The molecule has 2 nitrogen and oxygen atoms in total. The number of hydrogen-bond acceptors (Lipinski definition) is 2. The highest BCUT2D eigenvalue weighted by Crippen LogP contribution is 2.39. The summed E-state index contributed by atoms with van der Waals surface area (Å²) in [7, 11) is 0. The molecular weight excluding hydrogens is 256 g/mol. The van der Waals surface area contributed by atoms with Crippen LogP contribution in [0.15, 0.2) is 12.1 Å². The Labute approximate surface area is 93.5 Å². The molecule has 0 saturated heterocycles. The van der Waals surface area contributed by atoms with Crippen LogP contribution >= 0.6 is 23.2 Å². The summed E-state index contributed by atoms with van der Waals surface area (Å²) in [6, 6.07) is 2.32. The average Bonchev–Trinajstić information content (AvgIpc) is 2.11. The van der Waals surface area contributed by atoms with Crippen LogP contribution in [-0.2, 0) is 0 Å². The van der Waals surface area contributed by atoms with Crippen LogP contribution < -0.4 is 9.47 Å². The molecule has 1 aromatic carbocycles. The Balaban J connectivity index is 3.08. The molecule has 0 unspecified atom stereocenters. The van der Waals surface area contributed by atoms with E-state index < -0.39 is 19.2 Å². The van der Waals surface area contributed by atoms with E-state index in [1.54, 1.807) is 0 Å². The fourth-order valence-corrected chi connectivity index (χ4v) is 1.43. The third-order valence-corrected chi connectivity index (χ3v) is 1.89. The molecule has 0 saturated carbocycles. The smallest absolute Gasteiger partial charge is 0.387 e. The van der Waals surface area contributed by atoms with Gasteiger partial charge in [-0.15, -0.1) is 0 Å². The lowest BCUT2D eigenvalue weighted by atomic mass is 10.3. The molecule has 0 aliphatic carbocycles. The van der Waals surface area contributed by atoms with Crippen LogP contribution in [0.1, 0.15) is 0 Å². The molecule has 1 rings (SSSR count). The van der Waals surface area contributed by atoms with Gasteiger partial charge in [-0.25, -0.2) is 4.39 Å². The summed E-state index contributed by atoms with van der Waals surface area (Å²) in [6.45, 7) is -4.28. The maximum absolute atomic E-state index is 12.0. The fourth-order valence-electron chi connectivity index (χ4n) is 0.906. The second-order valence-electron chi connectivity index (χ2n) is 2.35. The quantitative estimate of drug-likeness (QED) is 0.818. The van der Waals surface area contributed by atoms with E-state index >= 15 is 0 Å². The number of rotatable bonds is 4. The van der Waals surface area contributed by atoms with E-state index in [0.717, 1.165) is 6.07 Å². The highest BCUT2D eigenvalue weighted by molar-refractivity contribution is 6.35. The van der Waals surface area contributed by atoms with Gasteiger partial charge in [0.2, 0.25) is 6.86 Å². The number of ether oxygens (including phenoxy) is 2. The van der Waals surface area contributed by atoms with Crippen LogP contribution in [0.2, 0.25) is 10.0 Å². The van der Waals surface area contributed by atoms with Gasteiger partial charge >= 0.3 is 6.61 Å². The van der Waals surface area contributed by atoms with Gasteiger partial charge < -0.3 is 9.47 Å². The Morgan fingerprint density at radius 2 is 1.93 bits per heavy atom. The number of halogens is 5. The first-order valence-electron chi connectivity index (χ1n) is 3.67. The summed E-state index contributed by atoms with van der Waals surface area (Å²) in [5.41, 5.74) is 0. The first-order valence-corrected chi connectivity index (χ1v) is 4.42. The van der Waals surface area contributed by atoms with Gasteiger partial charge in [0.05, 0.1) is 5.02 Å². The van der Waals surface area contributed by atoms with Crippen LogP contribution in [0, 0.1) is 0 Å². The lowest BCUT2D eigenvalue weighted by Crippen LogP contribution is -2.05. The molecule has 84 valence electrons. The molecule has 0 heterocycles. The molecule has 1 aromatic rings. The molecule has 0 fully saturated rings. The van der Waals surface area contributed by atoms with Crippen LogP contribution in [0.3, 0.4) is 0 Å². The Morgan fingerprint density at radius 1 is 1.27 bits per heavy atom. The molecule has 0 aliphatic heterocycles. The highest BCUT2D eigenvalue weighted by atomic mass is 35.5. The molecule has 0 atom stereocenters. The summed E-state index contributed by atoms with van der Waals surface area (Å²) in [6.07, 6.45) is 0. The minimum atomic E-state index is -3.08. The highest BCUT2D eigenvalue weighted by Gasteiger charge is 2.16. The normalized spacial score (nSPS) is 10.5. The van der Waals surface area contributed by atoms with Gasteiger partial charge in [0.1, 0.15) is 0 Å². The van der Waals surface area contributed by atoms with Gasteiger partial charge in [-0.1, -0.05) is 23.2 Å². The van der Waals surface area contributed by atoms with Crippen molar-refractivity contribution in [2.45, 2.75) is 6.61 Å². The van der Waals surface area contributed by atoms with Crippen molar-refractivity contribution in [2.75, 3.05) is 6.86 Å². The van der Waals surface area contributed by atoms with E-state index in [2.05, 4.69) is 9.47 Å². The van der Waals surface area contributed by atoms with Crippen LogP contribution in [0.5, 0.6) is 11.5 Å². The van der Waals surface area contributed by atoms with Crippen molar-refractivity contribution in [2.24, 2.45) is 0 Å². The molecule has 7 heteroatoms. The van der Waals surface area contributed by atoms with E-state index in [1.165, 1.54) is 6.07 Å². The van der Waals surface area contributed by atoms with Crippen LogP contribution in [0.4, 0.5) is 13.2 Å². The SMILES string of the molecule is FCOc1cc(Cl)cc(Cl)c1OC(F)F.